The van der Waals surface area contributed by atoms with Crippen molar-refractivity contribution >= 4 is 21.9 Å². The molecule has 0 aliphatic heterocycles. The lowest BCUT2D eigenvalue weighted by atomic mass is 10.0. The predicted molar refractivity (Wildman–Crippen MR) is 58.2 cm³/mol. The molecule has 0 heterocycles. The summed E-state index contributed by atoms with van der Waals surface area (Å²) in [4.78, 5) is 10.6. The van der Waals surface area contributed by atoms with Gasteiger partial charge in [0.05, 0.1) is 0 Å². The second-order valence-electron chi connectivity index (χ2n) is 3.28. The van der Waals surface area contributed by atoms with Crippen LogP contribution in [0.15, 0.2) is 16.6 Å². The molecule has 0 aliphatic carbocycles. The molecule has 1 aromatic carbocycles. The SMILES string of the molecule is Cc1c(Br)ccc(F)c1CC(N)C(=O)O. The van der Waals surface area contributed by atoms with Gasteiger partial charge in [-0.1, -0.05) is 15.9 Å². The number of carbonyl (C=O) groups is 1. The number of carboxylic acids is 1. The molecule has 15 heavy (non-hydrogen) atoms. The van der Waals surface area contributed by atoms with Gasteiger partial charge in [-0.25, -0.2) is 4.39 Å². The number of aliphatic carboxylic acids is 1. The molecule has 0 radical (unpaired) electrons. The lowest BCUT2D eigenvalue weighted by Gasteiger charge is -2.11. The zero-order valence-corrected chi connectivity index (χ0v) is 9.71. The smallest absolute Gasteiger partial charge is 0.320 e. The van der Waals surface area contributed by atoms with Gasteiger partial charge >= 0.3 is 5.97 Å². The summed E-state index contributed by atoms with van der Waals surface area (Å²) in [6.45, 7) is 1.72. The highest BCUT2D eigenvalue weighted by Gasteiger charge is 2.17. The van der Waals surface area contributed by atoms with E-state index in [1.807, 2.05) is 0 Å². The van der Waals surface area contributed by atoms with E-state index in [-0.39, 0.29) is 6.42 Å². The molecule has 0 saturated heterocycles. The zero-order chi connectivity index (χ0) is 11.6. The van der Waals surface area contributed by atoms with Crippen LogP contribution >= 0.6 is 15.9 Å². The topological polar surface area (TPSA) is 63.3 Å². The van der Waals surface area contributed by atoms with E-state index in [0.717, 1.165) is 4.47 Å². The van der Waals surface area contributed by atoms with Crippen LogP contribution in [0, 0.1) is 12.7 Å². The van der Waals surface area contributed by atoms with Crippen LogP contribution in [0.5, 0.6) is 0 Å². The van der Waals surface area contributed by atoms with Crippen LogP contribution in [0.4, 0.5) is 4.39 Å². The quantitative estimate of drug-likeness (QED) is 0.885. The molecule has 1 aromatic rings. The first-order chi connectivity index (χ1) is 6.93. The van der Waals surface area contributed by atoms with Gasteiger partial charge in [-0.2, -0.15) is 0 Å². The van der Waals surface area contributed by atoms with E-state index >= 15 is 0 Å². The lowest BCUT2D eigenvalue weighted by molar-refractivity contribution is -0.138. The normalized spacial score (nSPS) is 12.5. The third kappa shape index (κ3) is 2.76. The van der Waals surface area contributed by atoms with Crippen LogP contribution in [-0.2, 0) is 11.2 Å². The Balaban J connectivity index is 3.03. The van der Waals surface area contributed by atoms with Gasteiger partial charge in [-0.3, -0.25) is 4.79 Å². The monoisotopic (exact) mass is 275 g/mol. The van der Waals surface area contributed by atoms with Gasteiger partial charge in [0.15, 0.2) is 0 Å². The van der Waals surface area contributed by atoms with Crippen molar-refractivity contribution in [2.45, 2.75) is 19.4 Å². The van der Waals surface area contributed by atoms with E-state index in [2.05, 4.69) is 15.9 Å². The van der Waals surface area contributed by atoms with E-state index in [4.69, 9.17) is 10.8 Å². The molecule has 0 aromatic heterocycles. The minimum atomic E-state index is -1.13. The number of carboxylic acid groups (broad SMARTS) is 1. The first-order valence-electron chi connectivity index (χ1n) is 4.35. The molecule has 0 spiro atoms. The largest absolute Gasteiger partial charge is 0.480 e. The second kappa shape index (κ2) is 4.72. The summed E-state index contributed by atoms with van der Waals surface area (Å²) in [6, 6.07) is 1.80. The Bertz CT molecular complexity index is 395. The minimum absolute atomic E-state index is 0.00750. The Hall–Kier alpha value is -0.940. The zero-order valence-electron chi connectivity index (χ0n) is 8.13. The van der Waals surface area contributed by atoms with Crippen molar-refractivity contribution in [1.82, 2.24) is 0 Å². The van der Waals surface area contributed by atoms with E-state index in [1.54, 1.807) is 13.0 Å². The van der Waals surface area contributed by atoms with E-state index in [9.17, 15) is 9.18 Å². The van der Waals surface area contributed by atoms with Gasteiger partial charge in [0.25, 0.3) is 0 Å². The number of halogens is 2. The lowest BCUT2D eigenvalue weighted by Crippen LogP contribution is -2.32. The van der Waals surface area contributed by atoms with E-state index in [1.165, 1.54) is 6.07 Å². The Morgan fingerprint density at radius 2 is 2.27 bits per heavy atom. The fraction of sp³-hybridized carbons (Fsp3) is 0.300. The molecule has 5 heteroatoms. The third-order valence-electron chi connectivity index (χ3n) is 2.22. The van der Waals surface area contributed by atoms with Crippen molar-refractivity contribution in [2.75, 3.05) is 0 Å². The fourth-order valence-corrected chi connectivity index (χ4v) is 1.62. The Morgan fingerprint density at radius 3 is 2.80 bits per heavy atom. The first-order valence-corrected chi connectivity index (χ1v) is 5.14. The highest BCUT2D eigenvalue weighted by Crippen LogP contribution is 2.23. The van der Waals surface area contributed by atoms with Crippen molar-refractivity contribution in [2.24, 2.45) is 5.73 Å². The summed E-state index contributed by atoms with van der Waals surface area (Å²) in [5, 5.41) is 8.64. The van der Waals surface area contributed by atoms with Crippen LogP contribution < -0.4 is 5.73 Å². The van der Waals surface area contributed by atoms with E-state index in [0.29, 0.717) is 11.1 Å². The molecule has 0 amide bonds. The summed E-state index contributed by atoms with van der Waals surface area (Å²) < 4.78 is 14.1. The van der Waals surface area contributed by atoms with Gasteiger partial charge in [0.2, 0.25) is 0 Å². The molecule has 3 N–H and O–H groups in total. The average molecular weight is 276 g/mol. The van der Waals surface area contributed by atoms with Crippen LogP contribution in [0.3, 0.4) is 0 Å². The predicted octanol–water partition coefficient (Wildman–Crippen LogP) is 1.85. The van der Waals surface area contributed by atoms with Crippen molar-refractivity contribution in [3.63, 3.8) is 0 Å². The fourth-order valence-electron chi connectivity index (χ4n) is 1.25. The number of rotatable bonds is 3. The Morgan fingerprint density at radius 1 is 1.67 bits per heavy atom. The molecule has 1 unspecified atom stereocenters. The molecule has 3 nitrogen and oxygen atoms in total. The molecular weight excluding hydrogens is 265 g/mol. The Labute approximate surface area is 95.2 Å². The van der Waals surface area contributed by atoms with Gasteiger partial charge in [0.1, 0.15) is 11.9 Å². The van der Waals surface area contributed by atoms with Crippen molar-refractivity contribution in [1.29, 1.82) is 0 Å². The molecular formula is C10H11BrFNO2. The van der Waals surface area contributed by atoms with Crippen LogP contribution in [0.2, 0.25) is 0 Å². The minimum Gasteiger partial charge on any atom is -0.480 e. The summed E-state index contributed by atoms with van der Waals surface area (Å²) in [5.74, 6) is -1.55. The molecule has 0 fully saturated rings. The van der Waals surface area contributed by atoms with Crippen molar-refractivity contribution in [3.05, 3.63) is 33.5 Å². The summed E-state index contributed by atoms with van der Waals surface area (Å²) >= 11 is 3.25. The first kappa shape index (κ1) is 12.1. The third-order valence-corrected chi connectivity index (χ3v) is 3.08. The molecule has 82 valence electrons. The summed E-state index contributed by atoms with van der Waals surface area (Å²) in [6.07, 6.45) is -0.00750. The standard InChI is InChI=1S/C10H11BrFNO2/c1-5-6(4-9(13)10(14)15)8(12)3-2-7(5)11/h2-3,9H,4,13H2,1H3,(H,14,15). The molecule has 1 rings (SSSR count). The number of nitrogens with two attached hydrogens (primary N) is 1. The molecule has 0 aliphatic rings. The molecule has 0 bridgehead atoms. The maximum absolute atomic E-state index is 13.4. The highest BCUT2D eigenvalue weighted by atomic mass is 79.9. The van der Waals surface area contributed by atoms with Gasteiger partial charge < -0.3 is 10.8 Å². The van der Waals surface area contributed by atoms with Crippen LogP contribution in [0.25, 0.3) is 0 Å². The van der Waals surface area contributed by atoms with Crippen LogP contribution in [0.1, 0.15) is 11.1 Å². The summed E-state index contributed by atoms with van der Waals surface area (Å²) in [7, 11) is 0. The van der Waals surface area contributed by atoms with E-state index < -0.39 is 17.8 Å². The molecule has 1 atom stereocenters. The number of benzene rings is 1. The van der Waals surface area contributed by atoms with Crippen molar-refractivity contribution in [3.8, 4) is 0 Å². The van der Waals surface area contributed by atoms with Gasteiger partial charge in [-0.15, -0.1) is 0 Å². The molecule has 0 saturated carbocycles. The second-order valence-corrected chi connectivity index (χ2v) is 4.14. The average Bonchev–Trinajstić information content (AvgIpc) is 2.18. The number of hydrogen-bond acceptors (Lipinski definition) is 2. The van der Waals surface area contributed by atoms with Gasteiger partial charge in [0, 0.05) is 10.9 Å². The van der Waals surface area contributed by atoms with Crippen LogP contribution in [-0.4, -0.2) is 17.1 Å². The maximum Gasteiger partial charge on any atom is 0.320 e. The van der Waals surface area contributed by atoms with Gasteiger partial charge in [-0.05, 0) is 30.2 Å². The maximum atomic E-state index is 13.4. The summed E-state index contributed by atoms with van der Waals surface area (Å²) in [5.41, 5.74) is 6.39. The Kier molecular flexibility index (Phi) is 3.82. The number of hydrogen-bond donors (Lipinski definition) is 2. The highest BCUT2D eigenvalue weighted by molar-refractivity contribution is 9.10. The van der Waals surface area contributed by atoms with Crippen molar-refractivity contribution < 1.29 is 14.3 Å².